The van der Waals surface area contributed by atoms with E-state index in [1.165, 1.54) is 0 Å². The van der Waals surface area contributed by atoms with E-state index in [0.717, 1.165) is 23.3 Å². The molecule has 7 heteroatoms. The summed E-state index contributed by atoms with van der Waals surface area (Å²) in [4.78, 5) is 12.2. The Balaban J connectivity index is 1.81. The Labute approximate surface area is 192 Å². The van der Waals surface area contributed by atoms with Crippen LogP contribution in [0.4, 0.5) is 17.6 Å². The van der Waals surface area contributed by atoms with Crippen molar-refractivity contribution in [2.24, 2.45) is 5.73 Å². The zero-order chi connectivity index (χ0) is 24.0. The van der Waals surface area contributed by atoms with Crippen LogP contribution >= 0.6 is 0 Å². The van der Waals surface area contributed by atoms with Crippen LogP contribution in [0, 0.1) is 5.82 Å². The molecule has 1 aromatic heterocycles. The van der Waals surface area contributed by atoms with Crippen LogP contribution in [-0.2, 0) is 12.7 Å². The monoisotopic (exact) mass is 462 g/mol. The molecule has 0 aliphatic heterocycles. The van der Waals surface area contributed by atoms with Crippen LogP contribution in [-0.4, -0.2) is 10.5 Å². The summed E-state index contributed by atoms with van der Waals surface area (Å²) in [5, 5.41) is 1.26. The maximum absolute atomic E-state index is 13.7. The molecule has 0 fully saturated rings. The molecule has 0 atom stereocenters. The number of nitrogens with two attached hydrogens (primary N) is 1. The van der Waals surface area contributed by atoms with Gasteiger partial charge in [-0.3, -0.25) is 4.79 Å². The molecule has 0 aliphatic rings. The van der Waals surface area contributed by atoms with Crippen LogP contribution in [0.3, 0.4) is 0 Å². The lowest BCUT2D eigenvalue weighted by atomic mass is 10.0. The lowest BCUT2D eigenvalue weighted by Crippen LogP contribution is -2.13. The van der Waals surface area contributed by atoms with Gasteiger partial charge in [0.1, 0.15) is 5.82 Å². The second-order valence-electron chi connectivity index (χ2n) is 8.05. The van der Waals surface area contributed by atoms with E-state index in [2.05, 4.69) is 0 Å². The molecule has 5 rings (SSSR count). The maximum Gasteiger partial charge on any atom is 0.416 e. The van der Waals surface area contributed by atoms with E-state index in [1.54, 1.807) is 22.8 Å². The highest BCUT2D eigenvalue weighted by molar-refractivity contribution is 6.18. The molecule has 4 aromatic carbocycles. The summed E-state index contributed by atoms with van der Waals surface area (Å²) in [6, 6.07) is 22.8. The fraction of sp³-hybridized carbons (Fsp3) is 0.0741. The van der Waals surface area contributed by atoms with Crippen molar-refractivity contribution in [3.8, 4) is 11.1 Å². The Hall–Kier alpha value is -4.13. The average Bonchev–Trinajstić information content (AvgIpc) is 3.13. The number of carbonyl (C=O) groups excluding carboxylic acids is 1. The lowest BCUT2D eigenvalue weighted by molar-refractivity contribution is -0.138. The fourth-order valence-electron chi connectivity index (χ4n) is 4.45. The van der Waals surface area contributed by atoms with E-state index >= 15 is 0 Å². The predicted molar refractivity (Wildman–Crippen MR) is 124 cm³/mol. The van der Waals surface area contributed by atoms with Crippen LogP contribution < -0.4 is 5.73 Å². The quantitative estimate of drug-likeness (QED) is 0.295. The highest BCUT2D eigenvalue weighted by Crippen LogP contribution is 2.37. The molecule has 0 saturated carbocycles. The van der Waals surface area contributed by atoms with Gasteiger partial charge in [0.15, 0.2) is 0 Å². The summed E-state index contributed by atoms with van der Waals surface area (Å²) in [6.45, 7) is -0.171. The Morgan fingerprint density at radius 1 is 0.824 bits per heavy atom. The molecular weight excluding hydrogens is 444 g/mol. The van der Waals surface area contributed by atoms with Crippen molar-refractivity contribution in [2.45, 2.75) is 12.7 Å². The molecule has 1 amide bonds. The van der Waals surface area contributed by atoms with Crippen molar-refractivity contribution in [3.05, 3.63) is 107 Å². The first-order chi connectivity index (χ1) is 16.2. The second kappa shape index (κ2) is 8.02. The number of carbonyl (C=O) groups is 1. The number of hydrogen-bond donors (Lipinski definition) is 1. The third-order valence-electron chi connectivity index (χ3n) is 5.97. The zero-order valence-corrected chi connectivity index (χ0v) is 17.7. The number of alkyl halides is 3. The van der Waals surface area contributed by atoms with Gasteiger partial charge in [0.2, 0.25) is 5.91 Å². The molecule has 0 radical (unpaired) electrons. The predicted octanol–water partition coefficient (Wildman–Crippen LogP) is 6.77. The third kappa shape index (κ3) is 3.69. The van der Waals surface area contributed by atoms with Crippen molar-refractivity contribution >= 4 is 27.7 Å². The highest BCUT2D eigenvalue weighted by atomic mass is 19.4. The van der Waals surface area contributed by atoms with Crippen LogP contribution in [0.25, 0.3) is 32.9 Å². The number of hydrogen-bond acceptors (Lipinski definition) is 1. The molecule has 2 N–H and O–H groups in total. The molecule has 3 nitrogen and oxygen atoms in total. The van der Waals surface area contributed by atoms with Crippen molar-refractivity contribution in [3.63, 3.8) is 0 Å². The number of halogens is 4. The molecular formula is C27H18F4N2O. The first-order valence-electron chi connectivity index (χ1n) is 10.5. The Kier molecular flexibility index (Phi) is 5.12. The summed E-state index contributed by atoms with van der Waals surface area (Å²) in [6.07, 6.45) is -4.72. The van der Waals surface area contributed by atoms with Gasteiger partial charge < -0.3 is 10.3 Å². The van der Waals surface area contributed by atoms with Gasteiger partial charge in [0.05, 0.1) is 16.6 Å². The number of nitrogens with zero attached hydrogens (tertiary/aromatic N) is 1. The van der Waals surface area contributed by atoms with Crippen LogP contribution in [0.15, 0.2) is 84.9 Å². The third-order valence-corrected chi connectivity index (χ3v) is 5.97. The number of amides is 1. The average molecular weight is 462 g/mol. The van der Waals surface area contributed by atoms with Crippen LogP contribution in [0.1, 0.15) is 21.5 Å². The Morgan fingerprint density at radius 3 is 2.29 bits per heavy atom. The number of primary amides is 1. The number of rotatable bonds is 4. The molecule has 0 unspecified atom stereocenters. The van der Waals surface area contributed by atoms with Gasteiger partial charge in [-0.15, -0.1) is 0 Å². The normalized spacial score (nSPS) is 11.9. The van der Waals surface area contributed by atoms with Crippen molar-refractivity contribution in [1.29, 1.82) is 0 Å². The van der Waals surface area contributed by atoms with Gasteiger partial charge in [-0.1, -0.05) is 54.6 Å². The van der Waals surface area contributed by atoms with Crippen molar-refractivity contribution in [2.75, 3.05) is 0 Å². The molecule has 0 spiro atoms. The zero-order valence-electron chi connectivity index (χ0n) is 17.7. The molecule has 1 heterocycles. The first kappa shape index (κ1) is 21.7. The Morgan fingerprint density at radius 2 is 1.59 bits per heavy atom. The maximum atomic E-state index is 13.7. The van der Waals surface area contributed by atoms with Crippen molar-refractivity contribution in [1.82, 2.24) is 4.57 Å². The number of benzene rings is 4. The first-order valence-corrected chi connectivity index (χ1v) is 10.5. The lowest BCUT2D eigenvalue weighted by Gasteiger charge is -2.15. The largest absolute Gasteiger partial charge is 0.416 e. The van der Waals surface area contributed by atoms with Crippen molar-refractivity contribution < 1.29 is 22.4 Å². The standard InChI is InChI=1S/C27H18F4N2O/c28-19-11-9-18(22(14-19)27(29,30)31)15-33-23-8-4-7-21(26(32)34)25(23)20-12-10-17(13-24(20)33)16-5-2-1-3-6-16/h1-14H,15H2,(H2,32,34). The molecule has 0 bridgehead atoms. The van der Waals surface area contributed by atoms with Gasteiger partial charge in [0.25, 0.3) is 0 Å². The summed E-state index contributed by atoms with van der Waals surface area (Å²) >= 11 is 0. The summed E-state index contributed by atoms with van der Waals surface area (Å²) < 4.78 is 56.5. The van der Waals surface area contributed by atoms with Gasteiger partial charge >= 0.3 is 6.18 Å². The van der Waals surface area contributed by atoms with Gasteiger partial charge in [-0.25, -0.2) is 4.39 Å². The van der Waals surface area contributed by atoms with E-state index in [-0.39, 0.29) is 17.7 Å². The van der Waals surface area contributed by atoms with E-state index in [1.807, 2.05) is 48.5 Å². The molecule has 0 saturated heterocycles. The highest BCUT2D eigenvalue weighted by Gasteiger charge is 2.34. The summed E-state index contributed by atoms with van der Waals surface area (Å²) in [7, 11) is 0. The van der Waals surface area contributed by atoms with E-state index < -0.39 is 23.5 Å². The molecule has 170 valence electrons. The van der Waals surface area contributed by atoms with Gasteiger partial charge in [-0.2, -0.15) is 13.2 Å². The van der Waals surface area contributed by atoms with E-state index in [4.69, 9.17) is 5.73 Å². The minimum Gasteiger partial charge on any atom is -0.366 e. The van der Waals surface area contributed by atoms with Crippen LogP contribution in [0.2, 0.25) is 0 Å². The number of aromatic nitrogens is 1. The van der Waals surface area contributed by atoms with Gasteiger partial charge in [-0.05, 0) is 47.0 Å². The molecule has 5 aromatic rings. The van der Waals surface area contributed by atoms with E-state index in [9.17, 15) is 22.4 Å². The minimum atomic E-state index is -4.72. The van der Waals surface area contributed by atoms with Crippen LogP contribution in [0.5, 0.6) is 0 Å². The minimum absolute atomic E-state index is 0.0812. The topological polar surface area (TPSA) is 48.0 Å². The second-order valence-corrected chi connectivity index (χ2v) is 8.05. The molecule has 34 heavy (non-hydrogen) atoms. The SMILES string of the molecule is NC(=O)c1cccc2c1c1ccc(-c3ccccc3)cc1n2Cc1ccc(F)cc1C(F)(F)F. The van der Waals surface area contributed by atoms with Gasteiger partial charge in [0, 0.05) is 22.9 Å². The number of fused-ring (bicyclic) bond motifs is 3. The molecule has 0 aliphatic carbocycles. The fourth-order valence-corrected chi connectivity index (χ4v) is 4.45. The summed E-state index contributed by atoms with van der Waals surface area (Å²) in [5.74, 6) is -1.59. The Bertz CT molecular complexity index is 1550. The summed E-state index contributed by atoms with van der Waals surface area (Å²) in [5.41, 5.74) is 7.79. The smallest absolute Gasteiger partial charge is 0.366 e. The van der Waals surface area contributed by atoms with E-state index in [0.29, 0.717) is 27.9 Å².